The molecule has 3 aromatic rings. The summed E-state index contributed by atoms with van der Waals surface area (Å²) in [6.07, 6.45) is 0. The van der Waals surface area contributed by atoms with Crippen molar-refractivity contribution in [3.63, 3.8) is 0 Å². The van der Waals surface area contributed by atoms with E-state index in [0.717, 1.165) is 11.3 Å². The van der Waals surface area contributed by atoms with E-state index in [4.69, 9.17) is 4.52 Å². The lowest BCUT2D eigenvalue weighted by Crippen LogP contribution is -2.11. The van der Waals surface area contributed by atoms with Crippen LogP contribution in [0, 0.1) is 0 Å². The number of benzene rings is 2. The normalized spacial score (nSPS) is 12.7. The highest BCUT2D eigenvalue weighted by Crippen LogP contribution is 2.38. The lowest BCUT2D eigenvalue weighted by molar-refractivity contribution is 0.441. The number of rotatable bonds is 1. The number of fused-ring (bicyclic) bond motifs is 3. The summed E-state index contributed by atoms with van der Waals surface area (Å²) in [5.74, 6) is 0.361. The summed E-state index contributed by atoms with van der Waals surface area (Å²) in [5, 5.41) is 8.02. The van der Waals surface area contributed by atoms with E-state index in [2.05, 4.69) is 70.1 Å². The fourth-order valence-electron chi connectivity index (χ4n) is 2.84. The third-order valence-corrected chi connectivity index (χ3v) is 3.86. The SMILES string of the molecule is CC(C)c1noc2cc(C(C)(C)C)c3ccccc3c12. The molecule has 0 fully saturated rings. The van der Waals surface area contributed by atoms with Gasteiger partial charge < -0.3 is 4.52 Å². The Kier molecular flexibility index (Phi) is 2.86. The molecule has 0 aliphatic rings. The van der Waals surface area contributed by atoms with Gasteiger partial charge in [0.25, 0.3) is 0 Å². The van der Waals surface area contributed by atoms with Crippen LogP contribution < -0.4 is 0 Å². The number of hydrogen-bond donors (Lipinski definition) is 0. The molecule has 0 spiro atoms. The predicted octanol–water partition coefficient (Wildman–Crippen LogP) is 5.40. The van der Waals surface area contributed by atoms with Crippen molar-refractivity contribution in [3.8, 4) is 0 Å². The fraction of sp³-hybridized carbons (Fsp3) is 0.389. The van der Waals surface area contributed by atoms with Crippen LogP contribution in [0.4, 0.5) is 0 Å². The van der Waals surface area contributed by atoms with E-state index in [1.807, 2.05) is 0 Å². The van der Waals surface area contributed by atoms with Crippen molar-refractivity contribution in [2.75, 3.05) is 0 Å². The number of aromatic nitrogens is 1. The highest BCUT2D eigenvalue weighted by atomic mass is 16.5. The van der Waals surface area contributed by atoms with Crippen molar-refractivity contribution in [1.82, 2.24) is 5.16 Å². The van der Waals surface area contributed by atoms with Gasteiger partial charge in [-0.25, -0.2) is 0 Å². The molecule has 0 saturated carbocycles. The molecule has 2 nitrogen and oxygen atoms in total. The van der Waals surface area contributed by atoms with Gasteiger partial charge in [-0.05, 0) is 33.7 Å². The zero-order chi connectivity index (χ0) is 14.5. The summed E-state index contributed by atoms with van der Waals surface area (Å²) in [4.78, 5) is 0. The first-order valence-electron chi connectivity index (χ1n) is 7.21. The second-order valence-corrected chi connectivity index (χ2v) is 6.82. The molecular formula is C18H21NO. The van der Waals surface area contributed by atoms with E-state index < -0.39 is 0 Å². The van der Waals surface area contributed by atoms with Gasteiger partial charge in [0.1, 0.15) is 0 Å². The molecule has 2 heteroatoms. The minimum Gasteiger partial charge on any atom is -0.356 e. The number of hydrogen-bond acceptors (Lipinski definition) is 2. The lowest BCUT2D eigenvalue weighted by Gasteiger charge is -2.21. The Hall–Kier alpha value is -1.83. The molecule has 20 heavy (non-hydrogen) atoms. The van der Waals surface area contributed by atoms with Gasteiger partial charge in [-0.2, -0.15) is 0 Å². The van der Waals surface area contributed by atoms with E-state index in [9.17, 15) is 0 Å². The highest BCUT2D eigenvalue weighted by Gasteiger charge is 2.22. The summed E-state index contributed by atoms with van der Waals surface area (Å²) in [6.45, 7) is 11.0. The second kappa shape index (κ2) is 4.34. The third-order valence-electron chi connectivity index (χ3n) is 3.86. The van der Waals surface area contributed by atoms with E-state index in [1.165, 1.54) is 21.7 Å². The Balaban J connectivity index is 2.51. The maximum atomic E-state index is 5.60. The highest BCUT2D eigenvalue weighted by molar-refractivity contribution is 6.08. The predicted molar refractivity (Wildman–Crippen MR) is 84.3 cm³/mol. The molecule has 0 unspecified atom stereocenters. The van der Waals surface area contributed by atoms with E-state index in [0.29, 0.717) is 5.92 Å². The van der Waals surface area contributed by atoms with Crippen molar-refractivity contribution in [2.45, 2.75) is 46.0 Å². The van der Waals surface area contributed by atoms with Crippen LogP contribution in [0.2, 0.25) is 0 Å². The molecule has 0 aliphatic heterocycles. The minimum atomic E-state index is 0.0819. The first-order chi connectivity index (χ1) is 9.39. The van der Waals surface area contributed by atoms with Gasteiger partial charge in [-0.3, -0.25) is 0 Å². The Labute approximate surface area is 119 Å². The Bertz CT molecular complexity index is 775. The van der Waals surface area contributed by atoms with Crippen molar-refractivity contribution in [1.29, 1.82) is 0 Å². The smallest absolute Gasteiger partial charge is 0.168 e. The molecule has 0 bridgehead atoms. The maximum Gasteiger partial charge on any atom is 0.168 e. The summed E-state index contributed by atoms with van der Waals surface area (Å²) in [5.41, 5.74) is 3.35. The van der Waals surface area contributed by atoms with Crippen LogP contribution in [-0.4, -0.2) is 5.16 Å². The minimum absolute atomic E-state index is 0.0819. The van der Waals surface area contributed by atoms with Gasteiger partial charge in [-0.15, -0.1) is 0 Å². The maximum absolute atomic E-state index is 5.60. The van der Waals surface area contributed by atoms with Gasteiger partial charge in [-0.1, -0.05) is 64.0 Å². The van der Waals surface area contributed by atoms with E-state index >= 15 is 0 Å². The van der Waals surface area contributed by atoms with Gasteiger partial charge in [0, 0.05) is 0 Å². The molecule has 1 heterocycles. The largest absolute Gasteiger partial charge is 0.356 e. The van der Waals surface area contributed by atoms with Crippen LogP contribution in [0.15, 0.2) is 34.9 Å². The first-order valence-corrected chi connectivity index (χ1v) is 7.21. The average Bonchev–Trinajstić information content (AvgIpc) is 2.80. The Morgan fingerprint density at radius 3 is 2.30 bits per heavy atom. The molecule has 0 amide bonds. The molecule has 3 rings (SSSR count). The van der Waals surface area contributed by atoms with Crippen molar-refractivity contribution < 1.29 is 4.52 Å². The molecule has 0 atom stereocenters. The van der Waals surface area contributed by atoms with Crippen LogP contribution in [0.25, 0.3) is 21.7 Å². The van der Waals surface area contributed by atoms with Crippen LogP contribution >= 0.6 is 0 Å². The summed E-state index contributed by atoms with van der Waals surface area (Å²) in [6, 6.07) is 10.7. The molecule has 0 saturated heterocycles. The molecular weight excluding hydrogens is 246 g/mol. The summed E-state index contributed by atoms with van der Waals surface area (Å²) < 4.78 is 5.60. The van der Waals surface area contributed by atoms with Crippen LogP contribution in [0.1, 0.15) is 51.8 Å². The van der Waals surface area contributed by atoms with Crippen LogP contribution in [0.3, 0.4) is 0 Å². The topological polar surface area (TPSA) is 26.0 Å². The van der Waals surface area contributed by atoms with Gasteiger partial charge in [0.2, 0.25) is 0 Å². The van der Waals surface area contributed by atoms with Gasteiger partial charge in [0.15, 0.2) is 5.58 Å². The summed E-state index contributed by atoms with van der Waals surface area (Å²) >= 11 is 0. The van der Waals surface area contributed by atoms with Gasteiger partial charge >= 0.3 is 0 Å². The quantitative estimate of drug-likeness (QED) is 0.590. The van der Waals surface area contributed by atoms with Crippen molar-refractivity contribution >= 4 is 21.7 Å². The Morgan fingerprint density at radius 1 is 1.05 bits per heavy atom. The molecule has 2 aromatic carbocycles. The monoisotopic (exact) mass is 267 g/mol. The molecule has 1 aromatic heterocycles. The van der Waals surface area contributed by atoms with Crippen molar-refractivity contribution in [2.24, 2.45) is 0 Å². The molecule has 0 aliphatic carbocycles. The lowest BCUT2D eigenvalue weighted by atomic mass is 9.82. The fourth-order valence-corrected chi connectivity index (χ4v) is 2.84. The molecule has 104 valence electrons. The van der Waals surface area contributed by atoms with Crippen LogP contribution in [0.5, 0.6) is 0 Å². The van der Waals surface area contributed by atoms with E-state index in [1.54, 1.807) is 0 Å². The molecule has 0 radical (unpaired) electrons. The average molecular weight is 267 g/mol. The Morgan fingerprint density at radius 2 is 1.70 bits per heavy atom. The zero-order valence-corrected chi connectivity index (χ0v) is 12.8. The third kappa shape index (κ3) is 1.91. The standard InChI is InChI=1S/C18H21NO/c1-11(2)17-16-13-9-7-6-8-12(13)14(18(3,4)5)10-15(16)20-19-17/h6-11H,1-5H3. The second-order valence-electron chi connectivity index (χ2n) is 6.82. The van der Waals surface area contributed by atoms with Crippen molar-refractivity contribution in [3.05, 3.63) is 41.6 Å². The zero-order valence-electron chi connectivity index (χ0n) is 12.8. The van der Waals surface area contributed by atoms with Gasteiger partial charge in [0.05, 0.1) is 11.1 Å². The van der Waals surface area contributed by atoms with E-state index in [-0.39, 0.29) is 5.41 Å². The van der Waals surface area contributed by atoms with Crippen LogP contribution in [-0.2, 0) is 5.41 Å². The molecule has 0 N–H and O–H groups in total. The summed E-state index contributed by atoms with van der Waals surface area (Å²) in [7, 11) is 0. The number of nitrogens with zero attached hydrogens (tertiary/aromatic N) is 1. The first kappa shape index (κ1) is 13.2.